The second-order valence-corrected chi connectivity index (χ2v) is 4.03. The van der Waals surface area contributed by atoms with E-state index in [1.165, 1.54) is 25.7 Å². The molecule has 1 fully saturated rings. The van der Waals surface area contributed by atoms with E-state index in [0.717, 1.165) is 0 Å². The summed E-state index contributed by atoms with van der Waals surface area (Å²) in [6.07, 6.45) is 5.74. The van der Waals surface area contributed by atoms with E-state index in [1.54, 1.807) is 0 Å². The molecule has 0 N–H and O–H groups in total. The highest BCUT2D eigenvalue weighted by molar-refractivity contribution is 5.69. The van der Waals surface area contributed by atoms with Crippen molar-refractivity contribution < 1.29 is 9.53 Å². The van der Waals surface area contributed by atoms with E-state index in [9.17, 15) is 4.79 Å². The molecule has 1 aliphatic rings. The topological polar surface area (TPSA) is 26.3 Å². The Morgan fingerprint density at radius 1 is 1.27 bits per heavy atom. The lowest BCUT2D eigenvalue weighted by Crippen LogP contribution is -2.21. The van der Waals surface area contributed by atoms with Crippen molar-refractivity contribution in [3.05, 3.63) is 0 Å². The highest BCUT2D eigenvalue weighted by atomic mass is 16.5. The van der Waals surface area contributed by atoms with Crippen LogP contribution in [-0.2, 0) is 9.53 Å². The Morgan fingerprint density at radius 3 is 2.40 bits per heavy atom. The molecule has 90 valence electrons. The summed E-state index contributed by atoms with van der Waals surface area (Å²) in [6.45, 7) is 8.63. The molecule has 0 aromatic carbocycles. The van der Waals surface area contributed by atoms with Gasteiger partial charge in [0.1, 0.15) is 0 Å². The zero-order valence-electron chi connectivity index (χ0n) is 10.7. The molecular weight excluding hydrogens is 188 g/mol. The minimum absolute atomic E-state index is 0.0127. The number of esters is 1. The third-order valence-corrected chi connectivity index (χ3v) is 3.02. The van der Waals surface area contributed by atoms with Gasteiger partial charge in [-0.1, -0.05) is 40.0 Å². The SMILES string of the molecule is CC.CCOC(=O)CC1CCCC[C@H]1C. The molecule has 1 aliphatic carbocycles. The molecule has 0 bridgehead atoms. The maximum atomic E-state index is 11.2. The van der Waals surface area contributed by atoms with Crippen molar-refractivity contribution in [3.8, 4) is 0 Å². The molecule has 0 aromatic heterocycles. The number of ether oxygens (including phenoxy) is 1. The minimum atomic E-state index is -0.0127. The Hall–Kier alpha value is -0.530. The van der Waals surface area contributed by atoms with Crippen LogP contribution in [-0.4, -0.2) is 12.6 Å². The molecular formula is C13H26O2. The molecule has 2 heteroatoms. The minimum Gasteiger partial charge on any atom is -0.466 e. The molecule has 0 amide bonds. The lowest BCUT2D eigenvalue weighted by molar-refractivity contribution is -0.144. The highest BCUT2D eigenvalue weighted by Crippen LogP contribution is 2.31. The zero-order valence-corrected chi connectivity index (χ0v) is 10.7. The van der Waals surface area contributed by atoms with Crippen LogP contribution >= 0.6 is 0 Å². The number of carbonyl (C=O) groups excluding carboxylic acids is 1. The lowest BCUT2D eigenvalue weighted by atomic mass is 9.79. The van der Waals surface area contributed by atoms with Gasteiger partial charge in [-0.25, -0.2) is 0 Å². The molecule has 1 unspecified atom stereocenters. The number of hydrogen-bond donors (Lipinski definition) is 0. The van der Waals surface area contributed by atoms with E-state index in [-0.39, 0.29) is 5.97 Å². The molecule has 2 nitrogen and oxygen atoms in total. The first kappa shape index (κ1) is 14.5. The van der Waals surface area contributed by atoms with Crippen LogP contribution < -0.4 is 0 Å². The van der Waals surface area contributed by atoms with Gasteiger partial charge in [0.05, 0.1) is 6.61 Å². The molecule has 2 atom stereocenters. The van der Waals surface area contributed by atoms with Gasteiger partial charge in [0, 0.05) is 6.42 Å². The first-order valence-electron chi connectivity index (χ1n) is 6.39. The average molecular weight is 214 g/mol. The number of rotatable bonds is 3. The summed E-state index contributed by atoms with van der Waals surface area (Å²) in [7, 11) is 0. The summed E-state index contributed by atoms with van der Waals surface area (Å²) in [5.74, 6) is 1.27. The summed E-state index contributed by atoms with van der Waals surface area (Å²) in [6, 6.07) is 0. The van der Waals surface area contributed by atoms with Crippen LogP contribution in [0.1, 0.15) is 59.8 Å². The van der Waals surface area contributed by atoms with Crippen molar-refractivity contribution in [2.24, 2.45) is 11.8 Å². The van der Waals surface area contributed by atoms with Crippen LogP contribution in [0.4, 0.5) is 0 Å². The van der Waals surface area contributed by atoms with Gasteiger partial charge in [-0.15, -0.1) is 0 Å². The van der Waals surface area contributed by atoms with Crippen LogP contribution in [0.5, 0.6) is 0 Å². The summed E-state index contributed by atoms with van der Waals surface area (Å²) >= 11 is 0. The van der Waals surface area contributed by atoms with Crippen molar-refractivity contribution in [1.29, 1.82) is 0 Å². The Kier molecular flexibility index (Phi) is 8.44. The number of carbonyl (C=O) groups is 1. The van der Waals surface area contributed by atoms with E-state index >= 15 is 0 Å². The molecule has 0 saturated heterocycles. The highest BCUT2D eigenvalue weighted by Gasteiger charge is 2.23. The fourth-order valence-corrected chi connectivity index (χ4v) is 2.13. The first-order valence-corrected chi connectivity index (χ1v) is 6.39. The van der Waals surface area contributed by atoms with E-state index in [0.29, 0.717) is 24.9 Å². The van der Waals surface area contributed by atoms with Crippen LogP contribution in [0.2, 0.25) is 0 Å². The van der Waals surface area contributed by atoms with Crippen molar-refractivity contribution in [2.45, 2.75) is 59.8 Å². The molecule has 0 heterocycles. The quantitative estimate of drug-likeness (QED) is 0.668. The first-order chi connectivity index (χ1) is 7.24. The van der Waals surface area contributed by atoms with Gasteiger partial charge in [0.2, 0.25) is 0 Å². The second kappa shape index (κ2) is 8.75. The van der Waals surface area contributed by atoms with Crippen molar-refractivity contribution in [3.63, 3.8) is 0 Å². The normalized spacial score (nSPS) is 25.1. The molecule has 15 heavy (non-hydrogen) atoms. The molecule has 0 aromatic rings. The second-order valence-electron chi connectivity index (χ2n) is 4.03. The number of hydrogen-bond acceptors (Lipinski definition) is 2. The predicted molar refractivity (Wildman–Crippen MR) is 63.7 cm³/mol. The Labute approximate surface area is 94.4 Å². The van der Waals surface area contributed by atoms with E-state index < -0.39 is 0 Å². The fraction of sp³-hybridized carbons (Fsp3) is 0.923. The van der Waals surface area contributed by atoms with Gasteiger partial charge in [-0.3, -0.25) is 4.79 Å². The van der Waals surface area contributed by atoms with Crippen LogP contribution in [0.15, 0.2) is 0 Å². The maximum absolute atomic E-state index is 11.2. The van der Waals surface area contributed by atoms with Crippen LogP contribution in [0.3, 0.4) is 0 Å². The average Bonchev–Trinajstić information content (AvgIpc) is 2.25. The monoisotopic (exact) mass is 214 g/mol. The lowest BCUT2D eigenvalue weighted by Gasteiger charge is -2.27. The summed E-state index contributed by atoms with van der Waals surface area (Å²) in [5.41, 5.74) is 0. The summed E-state index contributed by atoms with van der Waals surface area (Å²) in [5, 5.41) is 0. The molecule has 1 saturated carbocycles. The molecule has 0 aliphatic heterocycles. The van der Waals surface area contributed by atoms with Crippen LogP contribution in [0.25, 0.3) is 0 Å². The third kappa shape index (κ3) is 5.81. The van der Waals surface area contributed by atoms with Gasteiger partial charge in [0.15, 0.2) is 0 Å². The Bertz CT molecular complexity index is 166. The molecule has 0 spiro atoms. The molecule has 1 rings (SSSR count). The van der Waals surface area contributed by atoms with Crippen molar-refractivity contribution >= 4 is 5.97 Å². The van der Waals surface area contributed by atoms with Gasteiger partial charge >= 0.3 is 5.97 Å². The maximum Gasteiger partial charge on any atom is 0.306 e. The van der Waals surface area contributed by atoms with Crippen molar-refractivity contribution in [1.82, 2.24) is 0 Å². The Morgan fingerprint density at radius 2 is 1.87 bits per heavy atom. The standard InChI is InChI=1S/C11H20O2.C2H6/c1-3-13-11(12)8-10-7-5-4-6-9(10)2;1-2/h9-10H,3-8H2,1-2H3;1-2H3/t9-,10?;/m1./s1. The van der Waals surface area contributed by atoms with E-state index in [1.807, 2.05) is 20.8 Å². The van der Waals surface area contributed by atoms with Gasteiger partial charge in [-0.05, 0) is 25.2 Å². The summed E-state index contributed by atoms with van der Waals surface area (Å²) in [4.78, 5) is 11.2. The van der Waals surface area contributed by atoms with Gasteiger partial charge in [-0.2, -0.15) is 0 Å². The summed E-state index contributed by atoms with van der Waals surface area (Å²) < 4.78 is 4.95. The van der Waals surface area contributed by atoms with E-state index in [2.05, 4.69) is 6.92 Å². The molecule has 0 radical (unpaired) electrons. The largest absolute Gasteiger partial charge is 0.466 e. The zero-order chi connectivity index (χ0) is 11.7. The van der Waals surface area contributed by atoms with E-state index in [4.69, 9.17) is 4.74 Å². The predicted octanol–water partition coefficient (Wildman–Crippen LogP) is 3.79. The third-order valence-electron chi connectivity index (χ3n) is 3.02. The Balaban J connectivity index is 0.000000921. The van der Waals surface area contributed by atoms with Crippen molar-refractivity contribution in [2.75, 3.05) is 6.61 Å². The fourth-order valence-electron chi connectivity index (χ4n) is 2.13. The smallest absolute Gasteiger partial charge is 0.306 e. The van der Waals surface area contributed by atoms with Gasteiger partial charge in [0.25, 0.3) is 0 Å². The van der Waals surface area contributed by atoms with Crippen LogP contribution in [0, 0.1) is 11.8 Å². The van der Waals surface area contributed by atoms with Gasteiger partial charge < -0.3 is 4.74 Å².